The summed E-state index contributed by atoms with van der Waals surface area (Å²) in [6.07, 6.45) is 2.29. The highest BCUT2D eigenvalue weighted by Crippen LogP contribution is 2.28. The van der Waals surface area contributed by atoms with E-state index in [0.29, 0.717) is 0 Å². The summed E-state index contributed by atoms with van der Waals surface area (Å²) in [5.41, 5.74) is 6.05. The lowest BCUT2D eigenvalue weighted by Gasteiger charge is -2.10. The molecule has 1 atom stereocenters. The molecule has 1 nitrogen and oxygen atoms in total. The Morgan fingerprint density at radius 1 is 1.36 bits per heavy atom. The van der Waals surface area contributed by atoms with Crippen LogP contribution >= 0.6 is 39.7 Å². The van der Waals surface area contributed by atoms with Crippen LogP contribution in [0.4, 0.5) is 0 Å². The Hall–Kier alpha value is 0.430. The van der Waals surface area contributed by atoms with Crippen LogP contribution in [0.5, 0.6) is 0 Å². The van der Waals surface area contributed by atoms with Crippen LogP contribution in [0.2, 0.25) is 0 Å². The number of nitrogens with two attached hydrogens (primary N) is 1. The van der Waals surface area contributed by atoms with Crippen molar-refractivity contribution in [3.05, 3.63) is 20.8 Å². The minimum atomic E-state index is 0. The van der Waals surface area contributed by atoms with E-state index in [0.717, 1.165) is 12.3 Å². The van der Waals surface area contributed by atoms with Gasteiger partial charge in [-0.25, -0.2) is 0 Å². The molecule has 1 rings (SSSR count). The molecule has 0 fully saturated rings. The van der Waals surface area contributed by atoms with Crippen molar-refractivity contribution in [2.45, 2.75) is 32.7 Å². The van der Waals surface area contributed by atoms with Crippen LogP contribution in [0.1, 0.15) is 37.6 Å². The summed E-state index contributed by atoms with van der Waals surface area (Å²) in [4.78, 5) is 1.28. The molecule has 0 saturated carbocycles. The van der Waals surface area contributed by atoms with Crippen molar-refractivity contribution in [3.8, 4) is 0 Å². The summed E-state index contributed by atoms with van der Waals surface area (Å²) in [5.74, 6) is 0.745. The minimum Gasteiger partial charge on any atom is -0.323 e. The fourth-order valence-electron chi connectivity index (χ4n) is 1.18. The first kappa shape index (κ1) is 14.4. The van der Waals surface area contributed by atoms with Gasteiger partial charge in [0.25, 0.3) is 0 Å². The first-order valence-electron chi connectivity index (χ1n) is 4.60. The number of halogens is 2. The van der Waals surface area contributed by atoms with Crippen LogP contribution in [0.15, 0.2) is 15.9 Å². The zero-order chi connectivity index (χ0) is 9.84. The van der Waals surface area contributed by atoms with Crippen LogP contribution in [-0.4, -0.2) is 0 Å². The van der Waals surface area contributed by atoms with Gasteiger partial charge in [-0.2, -0.15) is 0 Å². The van der Waals surface area contributed by atoms with Gasteiger partial charge in [-0.05, 0) is 46.8 Å². The predicted molar refractivity (Wildman–Crippen MR) is 70.3 cm³/mol. The third-order valence-electron chi connectivity index (χ3n) is 2.01. The van der Waals surface area contributed by atoms with Gasteiger partial charge in [-0.3, -0.25) is 0 Å². The van der Waals surface area contributed by atoms with Crippen LogP contribution < -0.4 is 5.73 Å². The molecule has 0 amide bonds. The SMILES string of the molecule is CC(C)CC[C@@H](N)c1ccc(Br)s1.Cl. The van der Waals surface area contributed by atoms with Crippen LogP contribution in [0.3, 0.4) is 0 Å². The lowest BCUT2D eigenvalue weighted by atomic mass is 10.0. The number of hydrogen-bond acceptors (Lipinski definition) is 2. The summed E-state index contributed by atoms with van der Waals surface area (Å²) in [5, 5.41) is 0. The third-order valence-corrected chi connectivity index (χ3v) is 3.77. The van der Waals surface area contributed by atoms with E-state index in [1.807, 2.05) is 0 Å². The zero-order valence-electron chi connectivity index (χ0n) is 8.50. The maximum atomic E-state index is 6.05. The van der Waals surface area contributed by atoms with E-state index in [1.54, 1.807) is 11.3 Å². The van der Waals surface area contributed by atoms with Gasteiger partial charge in [-0.1, -0.05) is 13.8 Å². The topological polar surface area (TPSA) is 26.0 Å². The molecule has 2 N–H and O–H groups in total. The molecular formula is C10H17BrClNS. The smallest absolute Gasteiger partial charge is 0.0701 e. The fourth-order valence-corrected chi connectivity index (χ4v) is 2.64. The second-order valence-electron chi connectivity index (χ2n) is 3.72. The van der Waals surface area contributed by atoms with Crippen LogP contribution in [0, 0.1) is 5.92 Å². The normalized spacial score (nSPS) is 12.6. The Morgan fingerprint density at radius 3 is 2.43 bits per heavy atom. The van der Waals surface area contributed by atoms with Gasteiger partial charge in [-0.15, -0.1) is 23.7 Å². The zero-order valence-corrected chi connectivity index (χ0v) is 11.7. The summed E-state index contributed by atoms with van der Waals surface area (Å²) in [6, 6.07) is 4.40. The summed E-state index contributed by atoms with van der Waals surface area (Å²) < 4.78 is 1.17. The Balaban J connectivity index is 0.00000169. The van der Waals surface area contributed by atoms with E-state index in [9.17, 15) is 0 Å². The van der Waals surface area contributed by atoms with E-state index in [2.05, 4.69) is 41.9 Å². The molecule has 0 aliphatic carbocycles. The van der Waals surface area contributed by atoms with Gasteiger partial charge in [0.2, 0.25) is 0 Å². The monoisotopic (exact) mass is 297 g/mol. The maximum Gasteiger partial charge on any atom is 0.0701 e. The van der Waals surface area contributed by atoms with Crippen LogP contribution in [-0.2, 0) is 0 Å². The summed E-state index contributed by atoms with van der Waals surface area (Å²) in [6.45, 7) is 4.47. The number of thiophene rings is 1. The quantitative estimate of drug-likeness (QED) is 0.877. The minimum absolute atomic E-state index is 0. The summed E-state index contributed by atoms with van der Waals surface area (Å²) >= 11 is 5.18. The molecule has 0 aliphatic heterocycles. The molecule has 0 aliphatic rings. The second kappa shape index (κ2) is 6.83. The molecule has 0 saturated heterocycles. The highest BCUT2D eigenvalue weighted by Gasteiger charge is 2.08. The van der Waals surface area contributed by atoms with Crippen molar-refractivity contribution in [1.29, 1.82) is 0 Å². The first-order valence-corrected chi connectivity index (χ1v) is 6.21. The van der Waals surface area contributed by atoms with Crippen LogP contribution in [0.25, 0.3) is 0 Å². The summed E-state index contributed by atoms with van der Waals surface area (Å²) in [7, 11) is 0. The number of rotatable bonds is 4. The van der Waals surface area contributed by atoms with Crippen molar-refractivity contribution >= 4 is 39.7 Å². The molecule has 4 heteroatoms. The molecule has 0 unspecified atom stereocenters. The van der Waals surface area contributed by atoms with Gasteiger partial charge < -0.3 is 5.73 Å². The van der Waals surface area contributed by atoms with Crippen molar-refractivity contribution in [3.63, 3.8) is 0 Å². The van der Waals surface area contributed by atoms with Crippen molar-refractivity contribution in [1.82, 2.24) is 0 Å². The Labute approximate surface area is 105 Å². The maximum absolute atomic E-state index is 6.05. The molecular weight excluding hydrogens is 282 g/mol. The second-order valence-corrected chi connectivity index (χ2v) is 6.21. The molecule has 1 aromatic heterocycles. The Bertz CT molecular complexity index is 262. The fraction of sp³-hybridized carbons (Fsp3) is 0.600. The predicted octanol–water partition coefficient (Wildman–Crippen LogP) is 4.37. The molecule has 0 aromatic carbocycles. The Kier molecular flexibility index (Phi) is 7.04. The molecule has 0 bridgehead atoms. The molecule has 1 heterocycles. The van der Waals surface area contributed by atoms with E-state index < -0.39 is 0 Å². The van der Waals surface area contributed by atoms with Crippen molar-refractivity contribution in [2.24, 2.45) is 11.7 Å². The van der Waals surface area contributed by atoms with Gasteiger partial charge in [0.05, 0.1) is 3.79 Å². The highest BCUT2D eigenvalue weighted by atomic mass is 79.9. The first-order chi connectivity index (χ1) is 6.09. The number of hydrogen-bond donors (Lipinski definition) is 1. The molecule has 0 radical (unpaired) electrons. The van der Waals surface area contributed by atoms with Crippen molar-refractivity contribution in [2.75, 3.05) is 0 Å². The molecule has 1 aromatic rings. The van der Waals surface area contributed by atoms with Gasteiger partial charge >= 0.3 is 0 Å². The van der Waals surface area contributed by atoms with E-state index in [1.165, 1.54) is 15.1 Å². The van der Waals surface area contributed by atoms with E-state index in [4.69, 9.17) is 5.73 Å². The Morgan fingerprint density at radius 2 is 2.00 bits per heavy atom. The van der Waals surface area contributed by atoms with Gasteiger partial charge in [0, 0.05) is 10.9 Å². The van der Waals surface area contributed by atoms with E-state index >= 15 is 0 Å². The average molecular weight is 299 g/mol. The lowest BCUT2D eigenvalue weighted by Crippen LogP contribution is -2.09. The highest BCUT2D eigenvalue weighted by molar-refractivity contribution is 9.11. The van der Waals surface area contributed by atoms with Gasteiger partial charge in [0.15, 0.2) is 0 Å². The lowest BCUT2D eigenvalue weighted by molar-refractivity contribution is 0.510. The van der Waals surface area contributed by atoms with E-state index in [-0.39, 0.29) is 18.4 Å². The third kappa shape index (κ3) is 4.78. The molecule has 0 spiro atoms. The largest absolute Gasteiger partial charge is 0.323 e. The molecule has 82 valence electrons. The molecule has 14 heavy (non-hydrogen) atoms. The standard InChI is InChI=1S/C10H16BrNS.ClH/c1-7(2)3-4-8(12)9-5-6-10(11)13-9;/h5-8H,3-4,12H2,1-2H3;1H/t8-;/m1./s1. The van der Waals surface area contributed by atoms with Crippen molar-refractivity contribution < 1.29 is 0 Å². The van der Waals surface area contributed by atoms with Gasteiger partial charge in [0.1, 0.15) is 0 Å². The average Bonchev–Trinajstić information content (AvgIpc) is 2.47.